The van der Waals surface area contributed by atoms with E-state index in [-0.39, 0.29) is 5.56 Å². The lowest BCUT2D eigenvalue weighted by molar-refractivity contribution is 0.0696. The number of aromatic carboxylic acids is 1. The van der Waals surface area contributed by atoms with E-state index in [2.05, 4.69) is 15.9 Å². The van der Waals surface area contributed by atoms with Gasteiger partial charge in [0.1, 0.15) is 0 Å². The molecule has 6 heteroatoms. The molecule has 0 saturated heterocycles. The molecule has 0 spiro atoms. The van der Waals surface area contributed by atoms with Crippen molar-refractivity contribution in [2.45, 2.75) is 13.3 Å². The molecule has 19 heavy (non-hydrogen) atoms. The molecular formula is C13H17BrO5. The molecule has 5 nitrogen and oxygen atoms in total. The van der Waals surface area contributed by atoms with E-state index in [9.17, 15) is 4.79 Å². The van der Waals surface area contributed by atoms with E-state index in [4.69, 9.17) is 19.3 Å². The maximum Gasteiger partial charge on any atom is 0.335 e. The molecule has 106 valence electrons. The number of halogens is 1. The lowest BCUT2D eigenvalue weighted by atomic mass is 10.2. The van der Waals surface area contributed by atoms with Gasteiger partial charge < -0.3 is 19.3 Å². The molecule has 0 unspecified atom stereocenters. The zero-order chi connectivity index (χ0) is 14.3. The first-order valence-corrected chi connectivity index (χ1v) is 6.70. The normalized spacial score (nSPS) is 10.3. The van der Waals surface area contributed by atoms with Gasteiger partial charge in [0.05, 0.1) is 23.2 Å². The van der Waals surface area contributed by atoms with Crippen molar-refractivity contribution < 1.29 is 24.1 Å². The summed E-state index contributed by atoms with van der Waals surface area (Å²) in [6.45, 7) is 3.34. The topological polar surface area (TPSA) is 65.0 Å². The molecule has 0 bridgehead atoms. The van der Waals surface area contributed by atoms with Gasteiger partial charge in [0.15, 0.2) is 11.5 Å². The summed E-state index contributed by atoms with van der Waals surface area (Å²) < 4.78 is 16.5. The number of carbonyl (C=O) groups is 1. The van der Waals surface area contributed by atoms with Gasteiger partial charge in [-0.25, -0.2) is 4.79 Å². The molecule has 1 rings (SSSR count). The van der Waals surface area contributed by atoms with Gasteiger partial charge in [-0.15, -0.1) is 0 Å². The van der Waals surface area contributed by atoms with Crippen LogP contribution in [0.5, 0.6) is 11.5 Å². The molecule has 0 aliphatic rings. The molecule has 1 aromatic carbocycles. The van der Waals surface area contributed by atoms with E-state index in [0.717, 1.165) is 6.42 Å². The van der Waals surface area contributed by atoms with Crippen LogP contribution in [-0.4, -0.2) is 38.0 Å². The van der Waals surface area contributed by atoms with E-state index in [1.165, 1.54) is 12.1 Å². The average molecular weight is 333 g/mol. The van der Waals surface area contributed by atoms with Crippen LogP contribution in [0.1, 0.15) is 23.7 Å². The van der Waals surface area contributed by atoms with Gasteiger partial charge in [0, 0.05) is 20.1 Å². The Labute approximate surface area is 120 Å². The lowest BCUT2D eigenvalue weighted by Crippen LogP contribution is -2.06. The first kappa shape index (κ1) is 15.8. The van der Waals surface area contributed by atoms with Crippen LogP contribution < -0.4 is 9.47 Å². The van der Waals surface area contributed by atoms with Crippen molar-refractivity contribution in [3.8, 4) is 11.5 Å². The number of benzene rings is 1. The van der Waals surface area contributed by atoms with Gasteiger partial charge in [0.25, 0.3) is 0 Å². The Hall–Kier alpha value is -1.27. The number of carboxylic acids is 1. The fraction of sp³-hybridized carbons (Fsp3) is 0.462. The van der Waals surface area contributed by atoms with Crippen LogP contribution in [0.15, 0.2) is 16.6 Å². The Balaban J connectivity index is 2.90. The Morgan fingerprint density at radius 1 is 1.32 bits per heavy atom. The molecule has 1 N–H and O–H groups in total. The SMILES string of the molecule is CCOc1cc(C(=O)O)cc(Br)c1OCCCOC. The molecular weight excluding hydrogens is 316 g/mol. The molecule has 0 aliphatic heterocycles. The highest BCUT2D eigenvalue weighted by molar-refractivity contribution is 9.10. The number of hydrogen-bond acceptors (Lipinski definition) is 4. The van der Waals surface area contributed by atoms with Crippen LogP contribution in [0.3, 0.4) is 0 Å². The van der Waals surface area contributed by atoms with Crippen molar-refractivity contribution in [3.05, 3.63) is 22.2 Å². The van der Waals surface area contributed by atoms with E-state index in [1.54, 1.807) is 7.11 Å². The van der Waals surface area contributed by atoms with Crippen molar-refractivity contribution in [3.63, 3.8) is 0 Å². The summed E-state index contributed by atoms with van der Waals surface area (Å²) in [4.78, 5) is 11.0. The van der Waals surface area contributed by atoms with Crippen molar-refractivity contribution in [2.75, 3.05) is 26.9 Å². The standard InChI is InChI=1S/C13H17BrO5/c1-3-18-11-8-9(13(15)16)7-10(14)12(11)19-6-4-5-17-2/h7-8H,3-6H2,1-2H3,(H,15,16). The molecule has 0 saturated carbocycles. The van der Waals surface area contributed by atoms with Gasteiger partial charge in [-0.05, 0) is 35.0 Å². The van der Waals surface area contributed by atoms with Gasteiger partial charge in [-0.3, -0.25) is 0 Å². The third kappa shape index (κ3) is 4.72. The van der Waals surface area contributed by atoms with Crippen molar-refractivity contribution >= 4 is 21.9 Å². The fourth-order valence-electron chi connectivity index (χ4n) is 1.47. The smallest absolute Gasteiger partial charge is 0.335 e. The van der Waals surface area contributed by atoms with Crippen LogP contribution in [0.4, 0.5) is 0 Å². The van der Waals surface area contributed by atoms with Gasteiger partial charge in [0.2, 0.25) is 0 Å². The summed E-state index contributed by atoms with van der Waals surface area (Å²) in [5.74, 6) is -0.0674. The van der Waals surface area contributed by atoms with E-state index in [0.29, 0.717) is 35.8 Å². The van der Waals surface area contributed by atoms with E-state index in [1.807, 2.05) is 6.92 Å². The molecule has 1 aromatic rings. The van der Waals surface area contributed by atoms with Crippen molar-refractivity contribution in [1.82, 2.24) is 0 Å². The Kier molecular flexibility index (Phi) is 6.66. The minimum Gasteiger partial charge on any atom is -0.490 e. The second kappa shape index (κ2) is 8.01. The molecule has 0 atom stereocenters. The largest absolute Gasteiger partial charge is 0.490 e. The highest BCUT2D eigenvalue weighted by atomic mass is 79.9. The number of methoxy groups -OCH3 is 1. The molecule has 0 amide bonds. The summed E-state index contributed by atoms with van der Waals surface area (Å²) in [7, 11) is 1.63. The lowest BCUT2D eigenvalue weighted by Gasteiger charge is -2.14. The van der Waals surface area contributed by atoms with Gasteiger partial charge >= 0.3 is 5.97 Å². The Bertz CT molecular complexity index is 433. The quantitative estimate of drug-likeness (QED) is 0.741. The molecule has 0 aliphatic carbocycles. The molecule has 0 fully saturated rings. The Morgan fingerprint density at radius 2 is 2.05 bits per heavy atom. The summed E-state index contributed by atoms with van der Waals surface area (Å²) in [6.07, 6.45) is 0.745. The molecule has 0 heterocycles. The monoisotopic (exact) mass is 332 g/mol. The van der Waals surface area contributed by atoms with Gasteiger partial charge in [-0.1, -0.05) is 0 Å². The molecule has 0 aromatic heterocycles. The number of rotatable bonds is 8. The predicted octanol–water partition coefficient (Wildman–Crippen LogP) is 2.96. The predicted molar refractivity (Wildman–Crippen MR) is 74.3 cm³/mol. The second-order valence-corrected chi connectivity index (χ2v) is 4.57. The summed E-state index contributed by atoms with van der Waals surface area (Å²) in [6, 6.07) is 2.96. The van der Waals surface area contributed by atoms with Gasteiger partial charge in [-0.2, -0.15) is 0 Å². The zero-order valence-electron chi connectivity index (χ0n) is 10.9. The van der Waals surface area contributed by atoms with E-state index < -0.39 is 5.97 Å². The van der Waals surface area contributed by atoms with Crippen LogP contribution in [0, 0.1) is 0 Å². The highest BCUT2D eigenvalue weighted by Gasteiger charge is 2.15. The summed E-state index contributed by atoms with van der Waals surface area (Å²) >= 11 is 3.31. The number of hydrogen-bond donors (Lipinski definition) is 1. The minimum atomic E-state index is -1.01. The van der Waals surface area contributed by atoms with Crippen LogP contribution >= 0.6 is 15.9 Å². The van der Waals surface area contributed by atoms with Crippen LogP contribution in [0.2, 0.25) is 0 Å². The maximum atomic E-state index is 11.0. The third-order valence-electron chi connectivity index (χ3n) is 2.30. The summed E-state index contributed by atoms with van der Waals surface area (Å²) in [5.41, 5.74) is 0.152. The minimum absolute atomic E-state index is 0.152. The second-order valence-electron chi connectivity index (χ2n) is 3.72. The Morgan fingerprint density at radius 3 is 2.63 bits per heavy atom. The van der Waals surface area contributed by atoms with E-state index >= 15 is 0 Å². The fourth-order valence-corrected chi connectivity index (χ4v) is 2.03. The average Bonchev–Trinajstić information content (AvgIpc) is 2.36. The highest BCUT2D eigenvalue weighted by Crippen LogP contribution is 2.37. The third-order valence-corrected chi connectivity index (χ3v) is 2.88. The number of ether oxygens (including phenoxy) is 3. The summed E-state index contributed by atoms with van der Waals surface area (Å²) in [5, 5.41) is 9.01. The molecule has 0 radical (unpaired) electrons. The van der Waals surface area contributed by atoms with Crippen molar-refractivity contribution in [2.24, 2.45) is 0 Å². The van der Waals surface area contributed by atoms with Crippen molar-refractivity contribution in [1.29, 1.82) is 0 Å². The maximum absolute atomic E-state index is 11.0. The zero-order valence-corrected chi connectivity index (χ0v) is 12.5. The van der Waals surface area contributed by atoms with Crippen LogP contribution in [0.25, 0.3) is 0 Å². The van der Waals surface area contributed by atoms with Crippen LogP contribution in [-0.2, 0) is 4.74 Å². The first-order valence-electron chi connectivity index (χ1n) is 5.91. The first-order chi connectivity index (χ1) is 9.10. The number of carboxylic acid groups (broad SMARTS) is 1.